The largest absolute Gasteiger partial charge is 0.396 e. The van der Waals surface area contributed by atoms with Gasteiger partial charge in [0.25, 0.3) is 0 Å². The van der Waals surface area contributed by atoms with Crippen molar-refractivity contribution in [1.82, 2.24) is 9.88 Å². The Labute approximate surface area is 153 Å². The summed E-state index contributed by atoms with van der Waals surface area (Å²) >= 11 is 7.66. The molecule has 2 heterocycles. The number of aliphatic hydroxyl groups is 1. The molecule has 0 radical (unpaired) electrons. The third kappa shape index (κ3) is 4.37. The highest BCUT2D eigenvalue weighted by Crippen LogP contribution is 2.35. The molecule has 1 aliphatic rings. The van der Waals surface area contributed by atoms with Crippen LogP contribution in [-0.4, -0.2) is 34.7 Å². The Morgan fingerprint density at radius 2 is 2.12 bits per heavy atom. The summed E-state index contributed by atoms with van der Waals surface area (Å²) in [6.45, 7) is 5.44. The van der Waals surface area contributed by atoms with Crippen LogP contribution in [0.2, 0.25) is 5.02 Å². The van der Waals surface area contributed by atoms with Gasteiger partial charge in [0.2, 0.25) is 0 Å². The summed E-state index contributed by atoms with van der Waals surface area (Å²) in [4.78, 5) is 7.23. The number of thiazole rings is 1. The van der Waals surface area contributed by atoms with Crippen molar-refractivity contribution in [2.24, 2.45) is 5.41 Å². The molecule has 24 heavy (non-hydrogen) atoms. The molecule has 0 spiro atoms. The van der Waals surface area contributed by atoms with Gasteiger partial charge in [-0.25, -0.2) is 4.98 Å². The Morgan fingerprint density at radius 1 is 1.33 bits per heavy atom. The van der Waals surface area contributed by atoms with Crippen molar-refractivity contribution in [3.05, 3.63) is 50.9 Å². The van der Waals surface area contributed by atoms with Crippen molar-refractivity contribution in [3.8, 4) is 0 Å². The molecular formula is C19H25ClN2OS. The summed E-state index contributed by atoms with van der Waals surface area (Å²) in [5.41, 5.74) is 2.50. The average Bonchev–Trinajstić information content (AvgIpc) is 3.18. The standard InChI is InChI=1S/C19H25ClN2OS/c1-2-7-19(14-23)8-9-22(13-19)11-17-12-24-18(21-17)10-15-3-5-16(20)6-4-15/h3-6,12,23H,2,7-11,13-14H2,1H3. The zero-order valence-corrected chi connectivity index (χ0v) is 15.7. The zero-order chi connectivity index (χ0) is 17.0. The topological polar surface area (TPSA) is 36.4 Å². The van der Waals surface area contributed by atoms with Crippen LogP contribution in [0.3, 0.4) is 0 Å². The van der Waals surface area contributed by atoms with E-state index in [9.17, 15) is 5.11 Å². The smallest absolute Gasteiger partial charge is 0.0972 e. The van der Waals surface area contributed by atoms with E-state index in [0.717, 1.165) is 61.0 Å². The number of rotatable bonds is 7. The Kier molecular flexibility index (Phi) is 5.93. The molecular weight excluding hydrogens is 340 g/mol. The highest BCUT2D eigenvalue weighted by molar-refractivity contribution is 7.09. The minimum Gasteiger partial charge on any atom is -0.396 e. The molecule has 1 atom stereocenters. The molecule has 2 aromatic rings. The number of hydrogen-bond donors (Lipinski definition) is 1. The summed E-state index contributed by atoms with van der Waals surface area (Å²) in [6, 6.07) is 7.98. The van der Waals surface area contributed by atoms with E-state index in [1.54, 1.807) is 11.3 Å². The average molecular weight is 365 g/mol. The fourth-order valence-corrected chi connectivity index (χ4v) is 4.56. The van der Waals surface area contributed by atoms with Crippen LogP contribution in [0.5, 0.6) is 0 Å². The highest BCUT2D eigenvalue weighted by Gasteiger charge is 2.36. The van der Waals surface area contributed by atoms with E-state index in [1.807, 2.05) is 12.1 Å². The van der Waals surface area contributed by atoms with Crippen molar-refractivity contribution in [3.63, 3.8) is 0 Å². The molecule has 1 aliphatic heterocycles. The molecule has 0 saturated carbocycles. The summed E-state index contributed by atoms with van der Waals surface area (Å²) in [7, 11) is 0. The van der Waals surface area contributed by atoms with Gasteiger partial charge in [0.05, 0.1) is 10.7 Å². The number of nitrogens with zero attached hydrogens (tertiary/aromatic N) is 2. The second-order valence-corrected chi connectivity index (χ2v) is 8.28. The fourth-order valence-electron chi connectivity index (χ4n) is 3.61. The highest BCUT2D eigenvalue weighted by atomic mass is 35.5. The van der Waals surface area contributed by atoms with Gasteiger partial charge in [-0.05, 0) is 37.1 Å². The van der Waals surface area contributed by atoms with E-state index in [4.69, 9.17) is 16.6 Å². The first-order valence-electron chi connectivity index (χ1n) is 8.63. The van der Waals surface area contributed by atoms with Crippen LogP contribution < -0.4 is 0 Å². The van der Waals surface area contributed by atoms with Gasteiger partial charge in [0, 0.05) is 41.9 Å². The van der Waals surface area contributed by atoms with Crippen molar-refractivity contribution >= 4 is 22.9 Å². The first kappa shape index (κ1) is 17.9. The van der Waals surface area contributed by atoms with Crippen molar-refractivity contribution in [2.45, 2.75) is 39.2 Å². The molecule has 1 aromatic heterocycles. The minimum absolute atomic E-state index is 0.108. The van der Waals surface area contributed by atoms with Crippen molar-refractivity contribution < 1.29 is 5.11 Å². The maximum absolute atomic E-state index is 9.77. The van der Waals surface area contributed by atoms with Crippen LogP contribution in [0, 0.1) is 5.41 Å². The van der Waals surface area contributed by atoms with Gasteiger partial charge in [0.1, 0.15) is 0 Å². The molecule has 3 nitrogen and oxygen atoms in total. The summed E-state index contributed by atoms with van der Waals surface area (Å²) in [5, 5.41) is 13.9. The number of aliphatic hydroxyl groups excluding tert-OH is 1. The molecule has 1 aromatic carbocycles. The summed E-state index contributed by atoms with van der Waals surface area (Å²) in [6.07, 6.45) is 4.20. The Hall–Kier alpha value is -0.940. The molecule has 130 valence electrons. The van der Waals surface area contributed by atoms with E-state index in [0.29, 0.717) is 6.61 Å². The molecule has 1 unspecified atom stereocenters. The summed E-state index contributed by atoms with van der Waals surface area (Å²) in [5.74, 6) is 0. The Bertz CT molecular complexity index is 658. The van der Waals surface area contributed by atoms with Crippen molar-refractivity contribution in [1.29, 1.82) is 0 Å². The van der Waals surface area contributed by atoms with Gasteiger partial charge < -0.3 is 5.11 Å². The monoisotopic (exact) mass is 364 g/mol. The summed E-state index contributed by atoms with van der Waals surface area (Å²) < 4.78 is 0. The van der Waals surface area contributed by atoms with Crippen LogP contribution >= 0.6 is 22.9 Å². The molecule has 5 heteroatoms. The van der Waals surface area contributed by atoms with E-state index < -0.39 is 0 Å². The van der Waals surface area contributed by atoms with Crippen LogP contribution in [0.15, 0.2) is 29.6 Å². The first-order valence-corrected chi connectivity index (χ1v) is 9.89. The second-order valence-electron chi connectivity index (χ2n) is 6.90. The predicted molar refractivity (Wildman–Crippen MR) is 101 cm³/mol. The SMILES string of the molecule is CCCC1(CO)CCN(Cc2csc(Cc3ccc(Cl)cc3)n2)C1. The van der Waals surface area contributed by atoms with Gasteiger partial charge in [-0.3, -0.25) is 4.90 Å². The van der Waals surface area contributed by atoms with Crippen LogP contribution in [0.4, 0.5) is 0 Å². The maximum atomic E-state index is 9.77. The normalized spacial score (nSPS) is 21.5. The van der Waals surface area contributed by atoms with Crippen LogP contribution in [0.1, 0.15) is 42.5 Å². The second kappa shape index (κ2) is 7.96. The molecule has 0 amide bonds. The van der Waals surface area contributed by atoms with Gasteiger partial charge >= 0.3 is 0 Å². The van der Waals surface area contributed by atoms with Crippen molar-refractivity contribution in [2.75, 3.05) is 19.7 Å². The number of aromatic nitrogens is 1. The van der Waals surface area contributed by atoms with Gasteiger partial charge in [0.15, 0.2) is 0 Å². The minimum atomic E-state index is 0.108. The molecule has 1 saturated heterocycles. The molecule has 3 rings (SSSR count). The van der Waals surface area contributed by atoms with E-state index in [-0.39, 0.29) is 5.41 Å². The van der Waals surface area contributed by atoms with Crippen LogP contribution in [0.25, 0.3) is 0 Å². The van der Waals surface area contributed by atoms with E-state index in [2.05, 4.69) is 29.3 Å². The van der Waals surface area contributed by atoms with Gasteiger partial charge in [-0.1, -0.05) is 37.1 Å². The maximum Gasteiger partial charge on any atom is 0.0972 e. The van der Waals surface area contributed by atoms with E-state index in [1.165, 1.54) is 5.56 Å². The molecule has 1 N–H and O–H groups in total. The molecule has 0 bridgehead atoms. The third-order valence-corrected chi connectivity index (χ3v) is 6.04. The number of hydrogen-bond acceptors (Lipinski definition) is 4. The third-order valence-electron chi connectivity index (χ3n) is 4.89. The number of likely N-dealkylation sites (tertiary alicyclic amines) is 1. The Balaban J connectivity index is 1.57. The number of halogens is 1. The Morgan fingerprint density at radius 3 is 2.83 bits per heavy atom. The zero-order valence-electron chi connectivity index (χ0n) is 14.2. The quantitative estimate of drug-likeness (QED) is 0.792. The predicted octanol–water partition coefficient (Wildman–Crippen LogP) is 4.37. The van der Waals surface area contributed by atoms with Gasteiger partial charge in [-0.2, -0.15) is 0 Å². The van der Waals surface area contributed by atoms with Gasteiger partial charge in [-0.15, -0.1) is 11.3 Å². The number of benzene rings is 1. The lowest BCUT2D eigenvalue weighted by Gasteiger charge is -2.26. The van der Waals surface area contributed by atoms with E-state index >= 15 is 0 Å². The fraction of sp³-hybridized carbons (Fsp3) is 0.526. The lowest BCUT2D eigenvalue weighted by molar-refractivity contribution is 0.117. The van der Waals surface area contributed by atoms with Crippen LogP contribution in [-0.2, 0) is 13.0 Å². The lowest BCUT2D eigenvalue weighted by atomic mass is 9.83. The molecule has 1 fully saturated rings. The first-order chi connectivity index (χ1) is 11.6. The molecule has 0 aliphatic carbocycles. The lowest BCUT2D eigenvalue weighted by Crippen LogP contribution is -2.30.